The number of aromatic nitrogens is 2. The number of amides is 2. The molecule has 0 aliphatic rings. The lowest BCUT2D eigenvalue weighted by atomic mass is 10.1. The van der Waals surface area contributed by atoms with Crippen LogP contribution in [0.4, 0.5) is 16.2 Å². The first-order valence-electron chi connectivity index (χ1n) is 9.00. The number of urea groups is 1. The number of rotatable bonds is 4. The minimum Gasteiger partial charge on any atom is -0.497 e. The third-order valence-corrected chi connectivity index (χ3v) is 4.80. The minimum absolute atomic E-state index is 0.347. The zero-order chi connectivity index (χ0) is 20.4. The van der Waals surface area contributed by atoms with Crippen molar-refractivity contribution in [3.8, 4) is 17.0 Å². The molecule has 0 saturated carbocycles. The largest absolute Gasteiger partial charge is 0.497 e. The number of carbonyl (C=O) groups excluding carboxylic acids is 1. The third kappa shape index (κ3) is 4.02. The van der Waals surface area contributed by atoms with Gasteiger partial charge in [-0.15, -0.1) is 0 Å². The molecule has 2 heterocycles. The molecule has 0 atom stereocenters. The van der Waals surface area contributed by atoms with Crippen LogP contribution >= 0.6 is 11.6 Å². The predicted molar refractivity (Wildman–Crippen MR) is 116 cm³/mol. The highest BCUT2D eigenvalue weighted by atomic mass is 35.5. The molecule has 0 radical (unpaired) electrons. The van der Waals surface area contributed by atoms with Crippen LogP contribution in [0.3, 0.4) is 0 Å². The average Bonchev–Trinajstić information content (AvgIpc) is 3.04. The maximum atomic E-state index is 12.3. The molecule has 2 aromatic heterocycles. The summed E-state index contributed by atoms with van der Waals surface area (Å²) < 4.78 is 7.17. The van der Waals surface area contributed by atoms with Gasteiger partial charge in [0, 0.05) is 28.2 Å². The van der Waals surface area contributed by atoms with Gasteiger partial charge >= 0.3 is 6.03 Å². The second-order valence-corrected chi connectivity index (χ2v) is 6.95. The zero-order valence-electron chi connectivity index (χ0n) is 15.9. The number of methoxy groups -OCH3 is 1. The number of fused-ring (bicyclic) bond motifs is 1. The van der Waals surface area contributed by atoms with Gasteiger partial charge in [0.2, 0.25) is 0 Å². The zero-order valence-corrected chi connectivity index (χ0v) is 16.7. The fraction of sp³-hybridized carbons (Fsp3) is 0.0909. The molecule has 0 fully saturated rings. The summed E-state index contributed by atoms with van der Waals surface area (Å²) in [5.74, 6) is 0.798. The molecule has 0 aliphatic heterocycles. The molecule has 2 amide bonds. The Balaban J connectivity index is 1.57. The molecule has 4 aromatic rings. The van der Waals surface area contributed by atoms with Crippen molar-refractivity contribution >= 4 is 34.7 Å². The topological polar surface area (TPSA) is 67.7 Å². The van der Waals surface area contributed by atoms with Crippen molar-refractivity contribution < 1.29 is 9.53 Å². The monoisotopic (exact) mass is 406 g/mol. The van der Waals surface area contributed by atoms with Gasteiger partial charge in [-0.1, -0.05) is 17.7 Å². The van der Waals surface area contributed by atoms with Gasteiger partial charge in [0.25, 0.3) is 0 Å². The molecule has 4 rings (SSSR count). The molecule has 0 unspecified atom stereocenters. The second-order valence-electron chi connectivity index (χ2n) is 6.51. The van der Waals surface area contributed by atoms with Crippen molar-refractivity contribution in [3.05, 3.63) is 77.6 Å². The number of anilines is 2. The smallest absolute Gasteiger partial charge is 0.323 e. The Labute approximate surface area is 173 Å². The Morgan fingerprint density at radius 1 is 1.03 bits per heavy atom. The molecular formula is C22H19ClN4O2. The van der Waals surface area contributed by atoms with Crippen LogP contribution in [-0.4, -0.2) is 22.5 Å². The van der Waals surface area contributed by atoms with E-state index in [1.165, 1.54) is 0 Å². The Kier molecular flexibility index (Phi) is 5.10. The highest BCUT2D eigenvalue weighted by Crippen LogP contribution is 2.26. The van der Waals surface area contributed by atoms with E-state index in [1.807, 2.05) is 53.9 Å². The summed E-state index contributed by atoms with van der Waals surface area (Å²) in [6.45, 7) is 2.00. The normalized spacial score (nSPS) is 10.7. The van der Waals surface area contributed by atoms with E-state index >= 15 is 0 Å². The molecule has 29 heavy (non-hydrogen) atoms. The first kappa shape index (κ1) is 18.8. The van der Waals surface area contributed by atoms with Crippen molar-refractivity contribution in [1.29, 1.82) is 0 Å². The number of nitrogens with zero attached hydrogens (tertiary/aromatic N) is 2. The minimum atomic E-state index is -0.347. The molecule has 146 valence electrons. The standard InChI is InChI=1S/C22H19ClN4O2/c1-14-21(15-6-9-19(29-2)10-7-15)26-20-11-8-18(13-27(14)20)25-22(28)24-17-5-3-4-16(23)12-17/h3-13H,1-2H3,(H2,24,25,28). The molecule has 0 spiro atoms. The lowest BCUT2D eigenvalue weighted by Gasteiger charge is -2.08. The first-order valence-corrected chi connectivity index (χ1v) is 9.38. The highest BCUT2D eigenvalue weighted by Gasteiger charge is 2.12. The molecule has 2 aromatic carbocycles. The van der Waals surface area contributed by atoms with Crippen molar-refractivity contribution in [2.75, 3.05) is 17.7 Å². The summed E-state index contributed by atoms with van der Waals surface area (Å²) in [4.78, 5) is 17.0. The Morgan fingerprint density at radius 3 is 2.52 bits per heavy atom. The third-order valence-electron chi connectivity index (χ3n) is 4.56. The van der Waals surface area contributed by atoms with E-state index in [1.54, 1.807) is 31.4 Å². The number of imidazole rings is 1. The van der Waals surface area contributed by atoms with E-state index in [0.717, 1.165) is 28.3 Å². The van der Waals surface area contributed by atoms with E-state index < -0.39 is 0 Å². The summed E-state index contributed by atoms with van der Waals surface area (Å²) in [7, 11) is 1.64. The lowest BCUT2D eigenvalue weighted by Crippen LogP contribution is -2.19. The van der Waals surface area contributed by atoms with E-state index in [2.05, 4.69) is 10.6 Å². The first-order chi connectivity index (χ1) is 14.0. The summed E-state index contributed by atoms with van der Waals surface area (Å²) in [5.41, 5.74) is 4.93. The van der Waals surface area contributed by atoms with Gasteiger partial charge in [0.15, 0.2) is 0 Å². The van der Waals surface area contributed by atoms with Crippen LogP contribution < -0.4 is 15.4 Å². The number of halogens is 1. The SMILES string of the molecule is COc1ccc(-c2nc3ccc(NC(=O)Nc4cccc(Cl)c4)cn3c2C)cc1. The van der Waals surface area contributed by atoms with Crippen LogP contribution in [-0.2, 0) is 0 Å². The Bertz CT molecular complexity index is 1190. The van der Waals surface area contributed by atoms with E-state index in [0.29, 0.717) is 16.4 Å². The summed E-state index contributed by atoms with van der Waals surface area (Å²) in [5, 5.41) is 6.16. The van der Waals surface area contributed by atoms with Crippen LogP contribution in [0.5, 0.6) is 5.75 Å². The van der Waals surface area contributed by atoms with E-state index in [4.69, 9.17) is 21.3 Å². The number of carbonyl (C=O) groups is 1. The number of hydrogen-bond acceptors (Lipinski definition) is 3. The fourth-order valence-electron chi connectivity index (χ4n) is 3.12. The van der Waals surface area contributed by atoms with Gasteiger partial charge in [-0.25, -0.2) is 9.78 Å². The maximum Gasteiger partial charge on any atom is 0.323 e. The fourth-order valence-corrected chi connectivity index (χ4v) is 3.31. The van der Waals surface area contributed by atoms with Crippen LogP contribution in [0.1, 0.15) is 5.69 Å². The van der Waals surface area contributed by atoms with Gasteiger partial charge in [-0.05, 0) is 61.5 Å². The molecule has 2 N–H and O–H groups in total. The quantitative estimate of drug-likeness (QED) is 0.462. The Morgan fingerprint density at radius 2 is 1.79 bits per heavy atom. The van der Waals surface area contributed by atoms with Crippen molar-refractivity contribution in [1.82, 2.24) is 9.38 Å². The van der Waals surface area contributed by atoms with Gasteiger partial charge in [-0.3, -0.25) is 0 Å². The lowest BCUT2D eigenvalue weighted by molar-refractivity contribution is 0.262. The number of benzene rings is 2. The van der Waals surface area contributed by atoms with Gasteiger partial charge in [0.05, 0.1) is 18.5 Å². The number of pyridine rings is 1. The number of hydrogen-bond donors (Lipinski definition) is 2. The van der Waals surface area contributed by atoms with Gasteiger partial charge in [0.1, 0.15) is 11.4 Å². The van der Waals surface area contributed by atoms with E-state index in [-0.39, 0.29) is 6.03 Å². The van der Waals surface area contributed by atoms with Gasteiger partial charge < -0.3 is 19.8 Å². The molecular weight excluding hydrogens is 388 g/mol. The summed E-state index contributed by atoms with van der Waals surface area (Å²) in [6.07, 6.45) is 1.85. The van der Waals surface area contributed by atoms with Crippen LogP contribution in [0, 0.1) is 6.92 Å². The number of aryl methyl sites for hydroxylation is 1. The van der Waals surface area contributed by atoms with Crippen LogP contribution in [0.2, 0.25) is 5.02 Å². The molecule has 0 bridgehead atoms. The molecule has 6 nitrogen and oxygen atoms in total. The molecule has 0 saturated heterocycles. The van der Waals surface area contributed by atoms with Crippen molar-refractivity contribution in [2.45, 2.75) is 6.92 Å². The van der Waals surface area contributed by atoms with Crippen molar-refractivity contribution in [2.24, 2.45) is 0 Å². The molecule has 7 heteroatoms. The Hall–Kier alpha value is -3.51. The number of ether oxygens (including phenoxy) is 1. The predicted octanol–water partition coefficient (Wildman–Crippen LogP) is 5.62. The molecule has 0 aliphatic carbocycles. The second kappa shape index (κ2) is 7.85. The maximum absolute atomic E-state index is 12.3. The summed E-state index contributed by atoms with van der Waals surface area (Å²) in [6, 6.07) is 18.1. The van der Waals surface area contributed by atoms with Crippen LogP contribution in [0.15, 0.2) is 66.9 Å². The summed E-state index contributed by atoms with van der Waals surface area (Å²) >= 11 is 5.95. The van der Waals surface area contributed by atoms with Crippen LogP contribution in [0.25, 0.3) is 16.9 Å². The highest BCUT2D eigenvalue weighted by molar-refractivity contribution is 6.30. The number of nitrogens with one attached hydrogen (secondary N) is 2. The van der Waals surface area contributed by atoms with Crippen molar-refractivity contribution in [3.63, 3.8) is 0 Å². The van der Waals surface area contributed by atoms with E-state index in [9.17, 15) is 4.79 Å². The van der Waals surface area contributed by atoms with Gasteiger partial charge in [-0.2, -0.15) is 0 Å². The average molecular weight is 407 g/mol.